The highest BCUT2D eigenvalue weighted by atomic mass is 16.5. The molecule has 33 heavy (non-hydrogen) atoms. The smallest absolute Gasteiger partial charge is 0.250 e. The highest BCUT2D eigenvalue weighted by Gasteiger charge is 2.14. The van der Waals surface area contributed by atoms with Crippen molar-refractivity contribution < 1.29 is 4.74 Å². The number of nitrogens with zero attached hydrogens (tertiary/aromatic N) is 5. The van der Waals surface area contributed by atoms with Gasteiger partial charge in [0, 0.05) is 18.1 Å². The summed E-state index contributed by atoms with van der Waals surface area (Å²) >= 11 is 0. The average molecular weight is 433 g/mol. The van der Waals surface area contributed by atoms with Crippen LogP contribution in [0.5, 0.6) is 11.6 Å². The van der Waals surface area contributed by atoms with Crippen LogP contribution < -0.4 is 10.1 Å². The molecule has 2 N–H and O–H groups in total. The number of H-pyrrole nitrogens is 1. The van der Waals surface area contributed by atoms with Gasteiger partial charge in [-0.15, -0.1) is 0 Å². The number of fused-ring (bicyclic) bond motifs is 1. The number of hydrogen-bond donors (Lipinski definition) is 2. The van der Waals surface area contributed by atoms with E-state index in [1.807, 2.05) is 62.4 Å². The van der Waals surface area contributed by atoms with Crippen molar-refractivity contribution in [2.24, 2.45) is 0 Å². The maximum Gasteiger partial charge on any atom is 0.250 e. The second-order valence-electron chi connectivity index (χ2n) is 7.54. The van der Waals surface area contributed by atoms with Gasteiger partial charge in [0.15, 0.2) is 5.65 Å². The number of aromatic amines is 1. The summed E-state index contributed by atoms with van der Waals surface area (Å²) in [4.78, 5) is 20.4. The quantitative estimate of drug-likeness (QED) is 0.379. The molecule has 0 unspecified atom stereocenters. The highest BCUT2D eigenvalue weighted by Crippen LogP contribution is 2.30. The van der Waals surface area contributed by atoms with Gasteiger partial charge in [0.2, 0.25) is 5.95 Å². The first-order valence-electron chi connectivity index (χ1n) is 10.3. The predicted molar refractivity (Wildman–Crippen MR) is 125 cm³/mol. The summed E-state index contributed by atoms with van der Waals surface area (Å²) in [6, 6.07) is 17.5. The molecular formula is C25H19N7O. The van der Waals surface area contributed by atoms with Crippen molar-refractivity contribution in [1.29, 1.82) is 5.26 Å². The van der Waals surface area contributed by atoms with Crippen LogP contribution in [0.15, 0.2) is 67.3 Å². The Hall–Kier alpha value is -4.77. The number of ether oxygens (including phenoxy) is 1. The lowest BCUT2D eigenvalue weighted by Crippen LogP contribution is -2.03. The molecular weight excluding hydrogens is 414 g/mol. The monoisotopic (exact) mass is 433 g/mol. The molecule has 5 rings (SSSR count). The van der Waals surface area contributed by atoms with Crippen LogP contribution >= 0.6 is 0 Å². The lowest BCUT2D eigenvalue weighted by atomic mass is 10.1. The largest absolute Gasteiger partial charge is 0.437 e. The predicted octanol–water partition coefficient (Wildman–Crippen LogP) is 5.44. The van der Waals surface area contributed by atoms with Gasteiger partial charge in [-0.2, -0.15) is 15.2 Å². The Bertz CT molecular complexity index is 1460. The normalized spacial score (nSPS) is 10.7. The summed E-state index contributed by atoms with van der Waals surface area (Å²) in [7, 11) is 0. The van der Waals surface area contributed by atoms with E-state index in [1.54, 1.807) is 18.7 Å². The second-order valence-corrected chi connectivity index (χ2v) is 7.54. The molecule has 0 saturated heterocycles. The van der Waals surface area contributed by atoms with Crippen LogP contribution in [0.1, 0.15) is 16.7 Å². The number of rotatable bonds is 5. The van der Waals surface area contributed by atoms with Crippen LogP contribution in [0.4, 0.5) is 11.6 Å². The molecule has 0 bridgehead atoms. The Morgan fingerprint density at radius 3 is 2.33 bits per heavy atom. The third-order valence-corrected chi connectivity index (χ3v) is 5.23. The third kappa shape index (κ3) is 4.07. The van der Waals surface area contributed by atoms with Crippen LogP contribution in [0, 0.1) is 25.2 Å². The Morgan fingerprint density at radius 1 is 0.939 bits per heavy atom. The van der Waals surface area contributed by atoms with E-state index >= 15 is 0 Å². The van der Waals surface area contributed by atoms with Gasteiger partial charge in [-0.05, 0) is 72.5 Å². The molecule has 0 spiro atoms. The summed E-state index contributed by atoms with van der Waals surface area (Å²) < 4.78 is 6.10. The minimum absolute atomic E-state index is 0.355. The van der Waals surface area contributed by atoms with Crippen molar-refractivity contribution in [1.82, 2.24) is 24.9 Å². The molecule has 5 aromatic rings. The first kappa shape index (κ1) is 20.2. The van der Waals surface area contributed by atoms with E-state index < -0.39 is 0 Å². The second kappa shape index (κ2) is 8.40. The molecule has 0 aliphatic rings. The van der Waals surface area contributed by atoms with Gasteiger partial charge in [-0.3, -0.25) is 4.98 Å². The van der Waals surface area contributed by atoms with Gasteiger partial charge in [0.05, 0.1) is 18.0 Å². The van der Waals surface area contributed by atoms with Crippen LogP contribution in [-0.2, 0) is 0 Å². The lowest BCUT2D eigenvalue weighted by Gasteiger charge is -2.13. The number of aromatic nitrogens is 5. The Balaban J connectivity index is 1.46. The minimum Gasteiger partial charge on any atom is -0.437 e. The molecule has 3 heterocycles. The molecule has 0 aliphatic carbocycles. The molecule has 2 aromatic carbocycles. The average Bonchev–Trinajstić information content (AvgIpc) is 3.31. The summed E-state index contributed by atoms with van der Waals surface area (Å²) in [6.07, 6.45) is 5.09. The van der Waals surface area contributed by atoms with E-state index in [2.05, 4.69) is 36.3 Å². The van der Waals surface area contributed by atoms with Gasteiger partial charge in [0.1, 0.15) is 11.3 Å². The fraction of sp³-hybridized carbons (Fsp3) is 0.0800. The molecule has 0 radical (unpaired) electrons. The van der Waals surface area contributed by atoms with Crippen LogP contribution in [0.25, 0.3) is 22.3 Å². The summed E-state index contributed by atoms with van der Waals surface area (Å²) in [5, 5.41) is 12.5. The molecule has 8 nitrogen and oxygen atoms in total. The van der Waals surface area contributed by atoms with E-state index in [0.717, 1.165) is 27.9 Å². The Labute approximate surface area is 190 Å². The molecule has 0 amide bonds. The standard InChI is InChI=1S/C25H19N7O/c1-15-11-17(13-26)12-16(2)21(15)30-25-31-23-22(28-14-29-23)24(32-25)33-20-5-3-18(4-6-20)19-7-9-27-10-8-19/h3-12,14H,1-2H3,(H2,28,29,30,31,32). The summed E-state index contributed by atoms with van der Waals surface area (Å²) in [5.74, 6) is 1.36. The maximum atomic E-state index is 9.19. The molecule has 3 aromatic heterocycles. The third-order valence-electron chi connectivity index (χ3n) is 5.23. The van der Waals surface area contributed by atoms with Gasteiger partial charge in [-0.1, -0.05) is 12.1 Å². The van der Waals surface area contributed by atoms with Crippen LogP contribution in [-0.4, -0.2) is 24.9 Å². The number of anilines is 2. The summed E-state index contributed by atoms with van der Waals surface area (Å²) in [5.41, 5.74) is 6.53. The van der Waals surface area contributed by atoms with E-state index in [1.165, 1.54) is 0 Å². The maximum absolute atomic E-state index is 9.19. The van der Waals surface area contributed by atoms with E-state index in [9.17, 15) is 5.26 Å². The van der Waals surface area contributed by atoms with Crippen LogP contribution in [0.3, 0.4) is 0 Å². The zero-order chi connectivity index (χ0) is 22.8. The Kier molecular flexibility index (Phi) is 5.13. The van der Waals surface area contributed by atoms with Gasteiger partial charge in [-0.25, -0.2) is 4.98 Å². The first-order valence-corrected chi connectivity index (χ1v) is 10.3. The molecule has 0 saturated carbocycles. The lowest BCUT2D eigenvalue weighted by molar-refractivity contribution is 0.468. The minimum atomic E-state index is 0.355. The highest BCUT2D eigenvalue weighted by molar-refractivity contribution is 5.78. The number of benzene rings is 2. The Morgan fingerprint density at radius 2 is 1.64 bits per heavy atom. The number of imidazole rings is 1. The van der Waals surface area contributed by atoms with Crippen molar-refractivity contribution in [3.8, 4) is 28.8 Å². The number of hydrogen-bond acceptors (Lipinski definition) is 7. The fourth-order valence-electron chi connectivity index (χ4n) is 3.64. The van der Waals surface area contributed by atoms with Crippen molar-refractivity contribution in [3.05, 3.63) is 83.9 Å². The molecule has 8 heteroatoms. The van der Waals surface area contributed by atoms with E-state index in [0.29, 0.717) is 34.3 Å². The summed E-state index contributed by atoms with van der Waals surface area (Å²) in [6.45, 7) is 3.87. The SMILES string of the molecule is Cc1cc(C#N)cc(C)c1Nc1nc(Oc2ccc(-c3ccncc3)cc2)c2[nH]cnc2n1. The van der Waals surface area contributed by atoms with Crippen molar-refractivity contribution in [2.45, 2.75) is 13.8 Å². The number of aryl methyl sites for hydroxylation is 2. The number of pyridine rings is 1. The van der Waals surface area contributed by atoms with Gasteiger partial charge < -0.3 is 15.0 Å². The topological polar surface area (TPSA) is 112 Å². The van der Waals surface area contributed by atoms with Gasteiger partial charge >= 0.3 is 0 Å². The van der Waals surface area contributed by atoms with E-state index in [-0.39, 0.29) is 0 Å². The van der Waals surface area contributed by atoms with Crippen molar-refractivity contribution in [3.63, 3.8) is 0 Å². The number of nitriles is 1. The van der Waals surface area contributed by atoms with E-state index in [4.69, 9.17) is 4.74 Å². The fourth-order valence-corrected chi connectivity index (χ4v) is 3.64. The van der Waals surface area contributed by atoms with Crippen LogP contribution in [0.2, 0.25) is 0 Å². The number of nitrogens with one attached hydrogen (secondary N) is 2. The van der Waals surface area contributed by atoms with Crippen molar-refractivity contribution in [2.75, 3.05) is 5.32 Å². The first-order chi connectivity index (χ1) is 16.1. The molecule has 0 atom stereocenters. The van der Waals surface area contributed by atoms with Crippen molar-refractivity contribution >= 4 is 22.8 Å². The molecule has 0 aliphatic heterocycles. The van der Waals surface area contributed by atoms with Gasteiger partial charge in [0.25, 0.3) is 5.88 Å². The molecule has 0 fully saturated rings. The zero-order valence-corrected chi connectivity index (χ0v) is 18.0. The zero-order valence-electron chi connectivity index (χ0n) is 18.0. The molecule has 160 valence electrons.